The molecule has 0 heterocycles. The Morgan fingerprint density at radius 1 is 1.04 bits per heavy atom. The number of benzene rings is 2. The van der Waals surface area contributed by atoms with Gasteiger partial charge in [0.15, 0.2) is 0 Å². The van der Waals surface area contributed by atoms with E-state index in [9.17, 15) is 23.5 Å². The monoisotopic (exact) mass is 322 g/mol. The van der Waals surface area contributed by atoms with E-state index in [0.29, 0.717) is 6.07 Å². The first-order valence-corrected chi connectivity index (χ1v) is 6.34. The second-order valence-corrected chi connectivity index (χ2v) is 4.48. The van der Waals surface area contributed by atoms with Gasteiger partial charge in [0.1, 0.15) is 17.4 Å². The zero-order valence-corrected chi connectivity index (χ0v) is 11.9. The number of amides is 2. The number of hydrogen-bond donors (Lipinski definition) is 3. The summed E-state index contributed by atoms with van der Waals surface area (Å²) in [6.07, 6.45) is 0. The fraction of sp³-hybridized carbons (Fsp3) is 0.0667. The highest BCUT2D eigenvalue weighted by Gasteiger charge is 2.14. The quantitative estimate of drug-likeness (QED) is 0.753. The second-order valence-electron chi connectivity index (χ2n) is 4.48. The van der Waals surface area contributed by atoms with Crippen molar-refractivity contribution in [3.63, 3.8) is 0 Å². The summed E-state index contributed by atoms with van der Waals surface area (Å²) in [6.45, 7) is 0. The standard InChI is InChI=1S/C15H12F2N2O4/c1-23-19-15(22)12-3-2-11(7-13(12)20)18-14(21)8-4-9(16)6-10(17)5-8/h2-7,20H,1H3,(H,18,21)(H,19,22). The molecule has 0 saturated heterocycles. The smallest absolute Gasteiger partial charge is 0.278 e. The van der Waals surface area contributed by atoms with Gasteiger partial charge in [-0.3, -0.25) is 14.4 Å². The number of phenolic OH excluding ortho intramolecular Hbond substituents is 1. The lowest BCUT2D eigenvalue weighted by atomic mass is 10.1. The van der Waals surface area contributed by atoms with Gasteiger partial charge in [-0.05, 0) is 24.3 Å². The number of aromatic hydroxyl groups is 1. The van der Waals surface area contributed by atoms with Gasteiger partial charge in [-0.15, -0.1) is 0 Å². The van der Waals surface area contributed by atoms with Crippen LogP contribution in [0.15, 0.2) is 36.4 Å². The Morgan fingerprint density at radius 3 is 2.26 bits per heavy atom. The Morgan fingerprint density at radius 2 is 1.70 bits per heavy atom. The molecule has 120 valence electrons. The minimum Gasteiger partial charge on any atom is -0.507 e. The number of carbonyl (C=O) groups is 2. The predicted octanol–water partition coefficient (Wildman–Crippen LogP) is 2.21. The third kappa shape index (κ3) is 4.01. The fourth-order valence-corrected chi connectivity index (χ4v) is 1.84. The van der Waals surface area contributed by atoms with E-state index < -0.39 is 29.2 Å². The minimum absolute atomic E-state index is 0.0679. The maximum absolute atomic E-state index is 13.1. The lowest BCUT2D eigenvalue weighted by molar-refractivity contribution is 0.0535. The molecule has 0 saturated carbocycles. The molecule has 0 aromatic heterocycles. The minimum atomic E-state index is -0.885. The van der Waals surface area contributed by atoms with E-state index in [1.807, 2.05) is 5.48 Å². The van der Waals surface area contributed by atoms with Crippen molar-refractivity contribution in [2.75, 3.05) is 12.4 Å². The summed E-state index contributed by atoms with van der Waals surface area (Å²) in [5, 5.41) is 12.1. The van der Waals surface area contributed by atoms with Crippen LogP contribution in [-0.2, 0) is 4.84 Å². The fourth-order valence-electron chi connectivity index (χ4n) is 1.84. The number of hydroxylamine groups is 1. The summed E-state index contributed by atoms with van der Waals surface area (Å²) in [7, 11) is 1.24. The third-order valence-corrected chi connectivity index (χ3v) is 2.82. The van der Waals surface area contributed by atoms with Gasteiger partial charge in [0.2, 0.25) is 0 Å². The van der Waals surface area contributed by atoms with Crippen LogP contribution in [0.2, 0.25) is 0 Å². The average molecular weight is 322 g/mol. The molecule has 23 heavy (non-hydrogen) atoms. The van der Waals surface area contributed by atoms with E-state index in [-0.39, 0.29) is 16.8 Å². The van der Waals surface area contributed by atoms with Crippen LogP contribution < -0.4 is 10.8 Å². The SMILES string of the molecule is CONC(=O)c1ccc(NC(=O)c2cc(F)cc(F)c2)cc1O. The van der Waals surface area contributed by atoms with Gasteiger partial charge in [-0.1, -0.05) is 0 Å². The van der Waals surface area contributed by atoms with Gasteiger partial charge in [-0.2, -0.15) is 0 Å². The van der Waals surface area contributed by atoms with Crippen LogP contribution in [0, 0.1) is 11.6 Å². The Hall–Kier alpha value is -3.00. The van der Waals surface area contributed by atoms with E-state index in [1.165, 1.54) is 19.2 Å². The molecule has 2 aromatic carbocycles. The summed E-state index contributed by atoms with van der Waals surface area (Å²) in [6, 6.07) is 6.12. The average Bonchev–Trinajstić information content (AvgIpc) is 2.46. The van der Waals surface area contributed by atoms with Gasteiger partial charge in [0.25, 0.3) is 11.8 Å². The van der Waals surface area contributed by atoms with Crippen LogP contribution >= 0.6 is 0 Å². The van der Waals surface area contributed by atoms with Crippen LogP contribution in [0.25, 0.3) is 0 Å². The Labute approximate surface area is 129 Å². The van der Waals surface area contributed by atoms with Crippen molar-refractivity contribution in [3.8, 4) is 5.75 Å². The van der Waals surface area contributed by atoms with E-state index in [2.05, 4.69) is 10.2 Å². The summed E-state index contributed by atoms with van der Waals surface area (Å²) in [5.41, 5.74) is 1.89. The summed E-state index contributed by atoms with van der Waals surface area (Å²) in [5.74, 6) is -3.61. The molecular formula is C15H12F2N2O4. The predicted molar refractivity (Wildman–Crippen MR) is 76.9 cm³/mol. The maximum atomic E-state index is 13.1. The number of halogens is 2. The largest absolute Gasteiger partial charge is 0.507 e. The zero-order valence-electron chi connectivity index (χ0n) is 11.9. The molecule has 6 nitrogen and oxygen atoms in total. The van der Waals surface area contributed by atoms with Gasteiger partial charge < -0.3 is 10.4 Å². The number of phenols is 1. The highest BCUT2D eigenvalue weighted by molar-refractivity contribution is 6.05. The normalized spacial score (nSPS) is 10.2. The van der Waals surface area contributed by atoms with Crippen molar-refractivity contribution in [2.45, 2.75) is 0 Å². The molecule has 8 heteroatoms. The molecule has 0 unspecified atom stereocenters. The van der Waals surface area contributed by atoms with E-state index in [0.717, 1.165) is 18.2 Å². The molecule has 0 fully saturated rings. The van der Waals surface area contributed by atoms with Crippen molar-refractivity contribution in [2.24, 2.45) is 0 Å². The van der Waals surface area contributed by atoms with Gasteiger partial charge in [0, 0.05) is 23.4 Å². The molecule has 0 aliphatic heterocycles. The van der Waals surface area contributed by atoms with E-state index in [4.69, 9.17) is 0 Å². The van der Waals surface area contributed by atoms with Crippen LogP contribution in [0.1, 0.15) is 20.7 Å². The van der Waals surface area contributed by atoms with Crippen LogP contribution in [-0.4, -0.2) is 24.0 Å². The molecular weight excluding hydrogens is 310 g/mol. The second kappa shape index (κ2) is 6.84. The van der Waals surface area contributed by atoms with Crippen molar-refractivity contribution in [3.05, 3.63) is 59.2 Å². The molecule has 0 spiro atoms. The first kappa shape index (κ1) is 16.4. The van der Waals surface area contributed by atoms with Gasteiger partial charge >= 0.3 is 0 Å². The molecule has 0 aliphatic carbocycles. The number of anilines is 1. The molecule has 2 aromatic rings. The topological polar surface area (TPSA) is 87.7 Å². The van der Waals surface area contributed by atoms with Crippen molar-refractivity contribution in [1.29, 1.82) is 0 Å². The third-order valence-electron chi connectivity index (χ3n) is 2.82. The van der Waals surface area contributed by atoms with E-state index >= 15 is 0 Å². The van der Waals surface area contributed by atoms with Crippen molar-refractivity contribution < 1.29 is 28.3 Å². The summed E-state index contributed by atoms with van der Waals surface area (Å²) >= 11 is 0. The summed E-state index contributed by atoms with van der Waals surface area (Å²) in [4.78, 5) is 27.9. The van der Waals surface area contributed by atoms with Crippen molar-refractivity contribution in [1.82, 2.24) is 5.48 Å². The molecule has 2 rings (SSSR count). The maximum Gasteiger partial charge on any atom is 0.278 e. The number of carbonyl (C=O) groups excluding carboxylic acids is 2. The molecule has 0 atom stereocenters. The molecule has 2 amide bonds. The lowest BCUT2D eigenvalue weighted by Gasteiger charge is -2.09. The van der Waals surface area contributed by atoms with Crippen LogP contribution in [0.5, 0.6) is 5.75 Å². The van der Waals surface area contributed by atoms with Gasteiger partial charge in [-0.25, -0.2) is 14.3 Å². The van der Waals surface area contributed by atoms with Crippen LogP contribution in [0.4, 0.5) is 14.5 Å². The Kier molecular flexibility index (Phi) is 4.87. The first-order chi connectivity index (χ1) is 10.9. The molecule has 0 radical (unpaired) electrons. The molecule has 0 aliphatic rings. The van der Waals surface area contributed by atoms with Gasteiger partial charge in [0.05, 0.1) is 12.7 Å². The van der Waals surface area contributed by atoms with Crippen LogP contribution in [0.3, 0.4) is 0 Å². The Bertz CT molecular complexity index is 745. The van der Waals surface area contributed by atoms with Crippen molar-refractivity contribution >= 4 is 17.5 Å². The first-order valence-electron chi connectivity index (χ1n) is 6.34. The zero-order chi connectivity index (χ0) is 17.0. The highest BCUT2D eigenvalue weighted by Crippen LogP contribution is 2.22. The summed E-state index contributed by atoms with van der Waals surface area (Å²) < 4.78 is 26.2. The number of rotatable bonds is 4. The Balaban J connectivity index is 2.18. The lowest BCUT2D eigenvalue weighted by Crippen LogP contribution is -2.22. The molecule has 3 N–H and O–H groups in total. The van der Waals surface area contributed by atoms with E-state index in [1.54, 1.807) is 0 Å². The highest BCUT2D eigenvalue weighted by atomic mass is 19.1. The number of nitrogens with one attached hydrogen (secondary N) is 2. The molecule has 0 bridgehead atoms. The number of hydrogen-bond acceptors (Lipinski definition) is 4.